The molecule has 2 N–H and O–H groups in total. The van der Waals surface area contributed by atoms with Gasteiger partial charge in [-0.3, -0.25) is 4.79 Å². The number of piperazine rings is 1. The minimum atomic E-state index is 0. The van der Waals surface area contributed by atoms with Crippen LogP contribution in [0.2, 0.25) is 0 Å². The van der Waals surface area contributed by atoms with Crippen LogP contribution in [0.15, 0.2) is 5.38 Å². The van der Waals surface area contributed by atoms with Gasteiger partial charge in [0, 0.05) is 44.5 Å². The van der Waals surface area contributed by atoms with E-state index in [0.29, 0.717) is 6.42 Å². The number of nitrogens with zero attached hydrogens (tertiary/aromatic N) is 2. The first-order valence-corrected chi connectivity index (χ1v) is 8.73. The average molecular weight is 383 g/mol. The van der Waals surface area contributed by atoms with E-state index in [-0.39, 0.29) is 30.7 Å². The van der Waals surface area contributed by atoms with E-state index in [1.54, 1.807) is 11.3 Å². The zero-order valence-electron chi connectivity index (χ0n) is 13.7. The Hall–Kier alpha value is -0.400. The Kier molecular flexibility index (Phi) is 12.7. The Morgan fingerprint density at radius 2 is 2.09 bits per heavy atom. The summed E-state index contributed by atoms with van der Waals surface area (Å²) in [6.45, 7) is 8.31. The lowest BCUT2D eigenvalue weighted by Crippen LogP contribution is -2.44. The molecule has 0 aliphatic carbocycles. The summed E-state index contributed by atoms with van der Waals surface area (Å²) in [5.41, 5.74) is 1.11. The fourth-order valence-electron chi connectivity index (χ4n) is 2.51. The van der Waals surface area contributed by atoms with Crippen molar-refractivity contribution in [1.82, 2.24) is 20.5 Å². The molecule has 0 bridgehead atoms. The molecule has 2 heterocycles. The van der Waals surface area contributed by atoms with Gasteiger partial charge in [0.15, 0.2) is 0 Å². The highest BCUT2D eigenvalue weighted by Gasteiger charge is 2.08. The van der Waals surface area contributed by atoms with Crippen LogP contribution in [0.25, 0.3) is 0 Å². The second-order valence-electron chi connectivity index (χ2n) is 5.51. The fourth-order valence-corrected chi connectivity index (χ4v) is 3.15. The predicted molar refractivity (Wildman–Crippen MR) is 101 cm³/mol. The highest BCUT2D eigenvalue weighted by atomic mass is 35.5. The normalized spacial score (nSPS) is 14.7. The van der Waals surface area contributed by atoms with Crippen LogP contribution in [-0.2, 0) is 11.2 Å². The highest BCUT2D eigenvalue weighted by Crippen LogP contribution is 2.10. The lowest BCUT2D eigenvalue weighted by molar-refractivity contribution is -0.121. The quantitative estimate of drug-likeness (QED) is 0.675. The molecule has 0 spiro atoms. The summed E-state index contributed by atoms with van der Waals surface area (Å²) in [5.74, 6) is 0.169. The lowest BCUT2D eigenvalue weighted by Gasteiger charge is -2.27. The zero-order chi connectivity index (χ0) is 14.9. The van der Waals surface area contributed by atoms with Crippen molar-refractivity contribution in [2.24, 2.45) is 0 Å². The number of hydrogen-bond donors (Lipinski definition) is 2. The molecule has 1 aromatic heterocycles. The summed E-state index contributed by atoms with van der Waals surface area (Å²) in [4.78, 5) is 18.6. The summed E-state index contributed by atoms with van der Waals surface area (Å²) < 4.78 is 0. The molecule has 0 aromatic carbocycles. The smallest absolute Gasteiger partial charge is 0.220 e. The number of aryl methyl sites for hydroxylation is 2. The third-order valence-corrected chi connectivity index (χ3v) is 4.51. The van der Waals surface area contributed by atoms with E-state index >= 15 is 0 Å². The molecule has 0 radical (unpaired) electrons. The van der Waals surface area contributed by atoms with Crippen LogP contribution in [0.3, 0.4) is 0 Å². The van der Waals surface area contributed by atoms with Gasteiger partial charge in [0.25, 0.3) is 0 Å². The first-order chi connectivity index (χ1) is 10.2. The summed E-state index contributed by atoms with van der Waals surface area (Å²) >= 11 is 1.67. The molecule has 5 nitrogen and oxygen atoms in total. The largest absolute Gasteiger partial charge is 0.356 e. The molecule has 0 saturated carbocycles. The van der Waals surface area contributed by atoms with E-state index in [4.69, 9.17) is 0 Å². The Bertz CT molecular complexity index is 439. The molecule has 8 heteroatoms. The van der Waals surface area contributed by atoms with Gasteiger partial charge in [-0.2, -0.15) is 0 Å². The fraction of sp³-hybridized carbons (Fsp3) is 0.733. The van der Waals surface area contributed by atoms with Crippen molar-refractivity contribution in [2.45, 2.75) is 32.6 Å². The Morgan fingerprint density at radius 1 is 1.35 bits per heavy atom. The van der Waals surface area contributed by atoms with Crippen LogP contribution in [0.4, 0.5) is 0 Å². The topological polar surface area (TPSA) is 57.3 Å². The number of thiazole rings is 1. The zero-order valence-corrected chi connectivity index (χ0v) is 16.1. The molecule has 2 rings (SSSR count). The van der Waals surface area contributed by atoms with Crippen LogP contribution in [0.1, 0.15) is 30.0 Å². The van der Waals surface area contributed by atoms with Gasteiger partial charge in [-0.1, -0.05) is 0 Å². The minimum Gasteiger partial charge on any atom is -0.356 e. The van der Waals surface area contributed by atoms with Crippen molar-refractivity contribution in [3.63, 3.8) is 0 Å². The molecule has 23 heavy (non-hydrogen) atoms. The number of nitrogens with one attached hydrogen (secondary N) is 2. The van der Waals surface area contributed by atoms with Gasteiger partial charge in [-0.25, -0.2) is 4.98 Å². The molecule has 1 aliphatic heterocycles. The Balaban J connectivity index is 0.00000242. The molecular weight excluding hydrogens is 355 g/mol. The maximum Gasteiger partial charge on any atom is 0.220 e. The molecule has 1 aliphatic rings. The second kappa shape index (κ2) is 13.0. The first-order valence-electron chi connectivity index (χ1n) is 7.85. The van der Waals surface area contributed by atoms with Crippen molar-refractivity contribution >= 4 is 42.1 Å². The summed E-state index contributed by atoms with van der Waals surface area (Å²) in [6.07, 6.45) is 3.42. The van der Waals surface area contributed by atoms with Crippen LogP contribution in [-0.4, -0.2) is 55.1 Å². The van der Waals surface area contributed by atoms with E-state index in [2.05, 4.69) is 25.9 Å². The van der Waals surface area contributed by atoms with E-state index in [1.807, 2.05) is 6.92 Å². The lowest BCUT2D eigenvalue weighted by atomic mass is 10.2. The van der Waals surface area contributed by atoms with Gasteiger partial charge in [0.05, 0.1) is 10.7 Å². The van der Waals surface area contributed by atoms with Crippen LogP contribution in [0.5, 0.6) is 0 Å². The molecule has 1 amide bonds. The van der Waals surface area contributed by atoms with Crippen LogP contribution >= 0.6 is 36.2 Å². The Labute approximate surface area is 155 Å². The van der Waals surface area contributed by atoms with Gasteiger partial charge in [0.2, 0.25) is 5.91 Å². The summed E-state index contributed by atoms with van der Waals surface area (Å²) in [5, 5.41) is 9.54. The van der Waals surface area contributed by atoms with Crippen LogP contribution < -0.4 is 10.6 Å². The Morgan fingerprint density at radius 3 is 2.74 bits per heavy atom. The van der Waals surface area contributed by atoms with E-state index < -0.39 is 0 Å². The van der Waals surface area contributed by atoms with Gasteiger partial charge in [-0.05, 0) is 32.7 Å². The number of carbonyl (C=O) groups is 1. The molecule has 1 saturated heterocycles. The van der Waals surface area contributed by atoms with Crippen molar-refractivity contribution < 1.29 is 4.79 Å². The predicted octanol–water partition coefficient (Wildman–Crippen LogP) is 2.03. The second-order valence-corrected chi connectivity index (χ2v) is 6.57. The van der Waals surface area contributed by atoms with Gasteiger partial charge in [-0.15, -0.1) is 36.2 Å². The maximum atomic E-state index is 11.7. The molecule has 134 valence electrons. The minimum absolute atomic E-state index is 0. The standard InChI is InChI=1S/C15H26N4OS.2ClH/c1-13-18-14(12-21-13)4-2-5-15(20)17-6-3-9-19-10-7-16-8-11-19;;/h12,16H,2-11H2,1H3,(H,17,20);2*1H. The van der Waals surface area contributed by atoms with Crippen molar-refractivity contribution in [3.8, 4) is 0 Å². The molecule has 0 atom stereocenters. The molecular formula is C15H28Cl2N4OS. The SMILES string of the molecule is Cc1nc(CCCC(=O)NCCCN2CCNCC2)cs1.Cl.Cl. The number of hydrogen-bond acceptors (Lipinski definition) is 5. The van der Waals surface area contributed by atoms with Crippen LogP contribution in [0, 0.1) is 6.92 Å². The van der Waals surface area contributed by atoms with E-state index in [0.717, 1.165) is 69.2 Å². The monoisotopic (exact) mass is 382 g/mol. The third-order valence-electron chi connectivity index (χ3n) is 3.69. The first kappa shape index (κ1) is 22.6. The van der Waals surface area contributed by atoms with Gasteiger partial charge < -0.3 is 15.5 Å². The molecule has 0 unspecified atom stereocenters. The van der Waals surface area contributed by atoms with Gasteiger partial charge >= 0.3 is 0 Å². The summed E-state index contributed by atoms with van der Waals surface area (Å²) in [7, 11) is 0. The van der Waals surface area contributed by atoms with Gasteiger partial charge in [0.1, 0.15) is 0 Å². The number of carbonyl (C=O) groups excluding carboxylic acids is 1. The van der Waals surface area contributed by atoms with E-state index in [9.17, 15) is 4.79 Å². The number of amides is 1. The van der Waals surface area contributed by atoms with E-state index in [1.165, 1.54) is 0 Å². The molecule has 1 fully saturated rings. The molecule has 1 aromatic rings. The average Bonchev–Trinajstić information content (AvgIpc) is 2.90. The number of halogens is 2. The van der Waals surface area contributed by atoms with Crippen molar-refractivity contribution in [3.05, 3.63) is 16.1 Å². The third kappa shape index (κ3) is 9.47. The van der Waals surface area contributed by atoms with Crippen molar-refractivity contribution in [1.29, 1.82) is 0 Å². The van der Waals surface area contributed by atoms with Crippen molar-refractivity contribution in [2.75, 3.05) is 39.3 Å². The highest BCUT2D eigenvalue weighted by molar-refractivity contribution is 7.09. The maximum absolute atomic E-state index is 11.7. The number of rotatable bonds is 8. The number of aromatic nitrogens is 1. The summed E-state index contributed by atoms with van der Waals surface area (Å²) in [6, 6.07) is 0.